The summed E-state index contributed by atoms with van der Waals surface area (Å²) < 4.78 is 10.7. The predicted molar refractivity (Wildman–Crippen MR) is 111 cm³/mol. The number of nitrogens with zero attached hydrogens (tertiary/aromatic N) is 3. The van der Waals surface area contributed by atoms with Crippen LogP contribution in [0.5, 0.6) is 5.75 Å². The van der Waals surface area contributed by atoms with Gasteiger partial charge in [-0.15, -0.1) is 0 Å². The molecular formula is C23H25N3O3. The van der Waals surface area contributed by atoms with Crippen LogP contribution >= 0.6 is 0 Å². The number of aromatic nitrogens is 1. The van der Waals surface area contributed by atoms with Crippen LogP contribution in [0, 0.1) is 6.92 Å². The van der Waals surface area contributed by atoms with E-state index in [4.69, 9.17) is 9.26 Å². The summed E-state index contributed by atoms with van der Waals surface area (Å²) in [5.41, 5.74) is 3.67. The number of aryl methyl sites for hydroxylation is 1. The molecule has 0 aliphatic carbocycles. The summed E-state index contributed by atoms with van der Waals surface area (Å²) in [6.45, 7) is 5.89. The van der Waals surface area contributed by atoms with Crippen LogP contribution in [0.25, 0.3) is 11.3 Å². The highest BCUT2D eigenvalue weighted by molar-refractivity contribution is 5.93. The molecule has 150 valence electrons. The van der Waals surface area contributed by atoms with E-state index in [1.807, 2.05) is 48.2 Å². The first-order valence-corrected chi connectivity index (χ1v) is 9.81. The van der Waals surface area contributed by atoms with Crippen LogP contribution in [0.4, 0.5) is 0 Å². The van der Waals surface area contributed by atoms with Crippen molar-refractivity contribution in [1.82, 2.24) is 15.0 Å². The third kappa shape index (κ3) is 4.49. The molecule has 6 nitrogen and oxygen atoms in total. The number of amides is 1. The Labute approximate surface area is 170 Å². The average Bonchev–Trinajstić information content (AvgIpc) is 3.25. The van der Waals surface area contributed by atoms with Crippen LogP contribution in [0.1, 0.15) is 21.6 Å². The fourth-order valence-electron chi connectivity index (χ4n) is 3.53. The zero-order valence-corrected chi connectivity index (χ0v) is 16.8. The van der Waals surface area contributed by atoms with Crippen LogP contribution in [-0.2, 0) is 6.54 Å². The van der Waals surface area contributed by atoms with Gasteiger partial charge in [-0.05, 0) is 24.6 Å². The van der Waals surface area contributed by atoms with Crippen molar-refractivity contribution in [3.8, 4) is 17.1 Å². The number of methoxy groups -OCH3 is 1. The van der Waals surface area contributed by atoms with Crippen molar-refractivity contribution in [1.29, 1.82) is 0 Å². The quantitative estimate of drug-likeness (QED) is 0.665. The van der Waals surface area contributed by atoms with E-state index in [0.717, 1.165) is 30.9 Å². The van der Waals surface area contributed by atoms with Gasteiger partial charge in [0, 0.05) is 44.4 Å². The molecule has 1 amide bonds. The van der Waals surface area contributed by atoms with Crippen LogP contribution < -0.4 is 4.74 Å². The molecule has 1 aromatic heterocycles. The second kappa shape index (κ2) is 8.49. The van der Waals surface area contributed by atoms with Gasteiger partial charge in [-0.3, -0.25) is 9.69 Å². The molecule has 1 saturated heterocycles. The molecule has 2 aromatic carbocycles. The van der Waals surface area contributed by atoms with Crippen LogP contribution in [0.2, 0.25) is 0 Å². The van der Waals surface area contributed by atoms with Gasteiger partial charge in [0.25, 0.3) is 5.91 Å². The van der Waals surface area contributed by atoms with Gasteiger partial charge in [-0.1, -0.05) is 47.1 Å². The summed E-state index contributed by atoms with van der Waals surface area (Å²) in [7, 11) is 1.68. The van der Waals surface area contributed by atoms with E-state index in [2.05, 4.69) is 22.2 Å². The average molecular weight is 391 g/mol. The molecule has 3 aromatic rings. The number of hydrogen-bond donors (Lipinski definition) is 0. The Morgan fingerprint density at radius 1 is 1.07 bits per heavy atom. The normalized spacial score (nSPS) is 14.8. The molecule has 0 unspecified atom stereocenters. The van der Waals surface area contributed by atoms with Crippen molar-refractivity contribution in [2.45, 2.75) is 13.5 Å². The smallest absolute Gasteiger partial charge is 0.276 e. The first-order chi connectivity index (χ1) is 14.1. The molecule has 0 N–H and O–H groups in total. The topological polar surface area (TPSA) is 58.8 Å². The van der Waals surface area contributed by atoms with E-state index in [0.29, 0.717) is 24.5 Å². The third-order valence-electron chi connectivity index (χ3n) is 5.27. The molecular weight excluding hydrogens is 366 g/mol. The Morgan fingerprint density at radius 3 is 2.55 bits per heavy atom. The number of hydrogen-bond acceptors (Lipinski definition) is 5. The van der Waals surface area contributed by atoms with E-state index in [9.17, 15) is 4.79 Å². The van der Waals surface area contributed by atoms with Gasteiger partial charge >= 0.3 is 0 Å². The van der Waals surface area contributed by atoms with Gasteiger partial charge in [0.1, 0.15) is 5.75 Å². The molecule has 1 aliphatic rings. The van der Waals surface area contributed by atoms with Gasteiger partial charge in [-0.2, -0.15) is 0 Å². The lowest BCUT2D eigenvalue weighted by Crippen LogP contribution is -2.48. The second-order valence-corrected chi connectivity index (χ2v) is 7.36. The van der Waals surface area contributed by atoms with Crippen molar-refractivity contribution < 1.29 is 14.1 Å². The third-order valence-corrected chi connectivity index (χ3v) is 5.27. The molecule has 0 atom stereocenters. The van der Waals surface area contributed by atoms with Gasteiger partial charge in [0.2, 0.25) is 0 Å². The maximum Gasteiger partial charge on any atom is 0.276 e. The maximum absolute atomic E-state index is 12.8. The van der Waals surface area contributed by atoms with Gasteiger partial charge in [0.05, 0.1) is 7.11 Å². The van der Waals surface area contributed by atoms with E-state index in [1.165, 1.54) is 11.1 Å². The zero-order chi connectivity index (χ0) is 20.2. The molecule has 2 heterocycles. The van der Waals surface area contributed by atoms with Gasteiger partial charge in [0.15, 0.2) is 11.5 Å². The Hall–Kier alpha value is -3.12. The number of ether oxygens (including phenoxy) is 1. The molecule has 0 radical (unpaired) electrons. The Balaban J connectivity index is 1.35. The van der Waals surface area contributed by atoms with Crippen molar-refractivity contribution in [3.63, 3.8) is 0 Å². The van der Waals surface area contributed by atoms with Crippen LogP contribution in [0.3, 0.4) is 0 Å². The maximum atomic E-state index is 12.8. The minimum atomic E-state index is -0.0758. The lowest BCUT2D eigenvalue weighted by Gasteiger charge is -2.34. The van der Waals surface area contributed by atoms with Gasteiger partial charge in [-0.25, -0.2) is 0 Å². The second-order valence-electron chi connectivity index (χ2n) is 7.36. The number of carbonyl (C=O) groups is 1. The fraction of sp³-hybridized carbons (Fsp3) is 0.304. The summed E-state index contributed by atoms with van der Waals surface area (Å²) in [6.07, 6.45) is 0. The molecule has 0 saturated carbocycles. The van der Waals surface area contributed by atoms with E-state index < -0.39 is 0 Å². The standard InChI is InChI=1S/C23H25N3O3/c1-17-6-8-19(9-7-17)22-15-21(24-29-22)23(27)26-12-10-25(11-13-26)16-18-4-3-5-20(14-18)28-2/h3-9,14-15H,10-13,16H2,1-2H3. The minimum absolute atomic E-state index is 0.0758. The molecule has 6 heteroatoms. The lowest BCUT2D eigenvalue weighted by molar-refractivity contribution is 0.0618. The summed E-state index contributed by atoms with van der Waals surface area (Å²) in [6, 6.07) is 17.8. The Morgan fingerprint density at radius 2 is 1.83 bits per heavy atom. The van der Waals surface area contributed by atoms with Crippen molar-refractivity contribution in [2.24, 2.45) is 0 Å². The summed E-state index contributed by atoms with van der Waals surface area (Å²) >= 11 is 0. The number of rotatable bonds is 5. The number of carbonyl (C=O) groups excluding carboxylic acids is 1. The largest absolute Gasteiger partial charge is 0.497 e. The minimum Gasteiger partial charge on any atom is -0.497 e. The molecule has 0 bridgehead atoms. The highest BCUT2D eigenvalue weighted by Crippen LogP contribution is 2.22. The molecule has 29 heavy (non-hydrogen) atoms. The molecule has 1 aliphatic heterocycles. The molecule has 0 spiro atoms. The highest BCUT2D eigenvalue weighted by Gasteiger charge is 2.25. The summed E-state index contributed by atoms with van der Waals surface area (Å²) in [4.78, 5) is 17.0. The van der Waals surface area contributed by atoms with Crippen molar-refractivity contribution >= 4 is 5.91 Å². The number of benzene rings is 2. The van der Waals surface area contributed by atoms with E-state index in [1.54, 1.807) is 13.2 Å². The van der Waals surface area contributed by atoms with E-state index in [-0.39, 0.29) is 5.91 Å². The summed E-state index contributed by atoms with van der Waals surface area (Å²) in [5.74, 6) is 1.41. The summed E-state index contributed by atoms with van der Waals surface area (Å²) in [5, 5.41) is 4.00. The first-order valence-electron chi connectivity index (χ1n) is 9.81. The first kappa shape index (κ1) is 19.2. The molecule has 1 fully saturated rings. The molecule has 4 rings (SSSR count). The highest BCUT2D eigenvalue weighted by atomic mass is 16.5. The predicted octanol–water partition coefficient (Wildman–Crippen LogP) is 3.62. The van der Waals surface area contributed by atoms with E-state index >= 15 is 0 Å². The Kier molecular flexibility index (Phi) is 5.62. The fourth-order valence-corrected chi connectivity index (χ4v) is 3.53. The Bertz CT molecular complexity index is 973. The SMILES string of the molecule is COc1cccc(CN2CCN(C(=O)c3cc(-c4ccc(C)cc4)on3)CC2)c1. The van der Waals surface area contributed by atoms with Crippen LogP contribution in [0.15, 0.2) is 59.1 Å². The van der Waals surface area contributed by atoms with Gasteiger partial charge < -0.3 is 14.2 Å². The van der Waals surface area contributed by atoms with Crippen molar-refractivity contribution in [2.75, 3.05) is 33.3 Å². The monoisotopic (exact) mass is 391 g/mol. The van der Waals surface area contributed by atoms with Crippen LogP contribution in [-0.4, -0.2) is 54.2 Å². The lowest BCUT2D eigenvalue weighted by atomic mass is 10.1. The zero-order valence-electron chi connectivity index (χ0n) is 16.8. The van der Waals surface area contributed by atoms with Crippen molar-refractivity contribution in [3.05, 3.63) is 71.4 Å². The number of piperazine rings is 1.